The van der Waals surface area contributed by atoms with Gasteiger partial charge in [0.05, 0.1) is 5.69 Å². The molecule has 0 saturated carbocycles. The third-order valence-electron chi connectivity index (χ3n) is 2.14. The van der Waals surface area contributed by atoms with Crippen LogP contribution in [-0.2, 0) is 0 Å². The molecule has 0 bridgehead atoms. The number of ether oxygens (including phenoxy) is 1. The molecule has 2 aromatic heterocycles. The maximum Gasteiger partial charge on any atom is 0.225 e. The molecular formula is C12H14N4O. The summed E-state index contributed by atoms with van der Waals surface area (Å²) in [7, 11) is 0. The zero-order chi connectivity index (χ0) is 12.1. The van der Waals surface area contributed by atoms with Crippen molar-refractivity contribution in [3.05, 3.63) is 36.3 Å². The molecule has 2 rings (SSSR count). The molecule has 0 amide bonds. The van der Waals surface area contributed by atoms with Crippen molar-refractivity contribution in [1.29, 1.82) is 0 Å². The maximum absolute atomic E-state index is 5.64. The Hall–Kier alpha value is -2.17. The molecule has 0 aromatic carbocycles. The smallest absolute Gasteiger partial charge is 0.225 e. The summed E-state index contributed by atoms with van der Waals surface area (Å²) < 4.78 is 5.64. The van der Waals surface area contributed by atoms with Gasteiger partial charge in [0.25, 0.3) is 0 Å². The largest absolute Gasteiger partial charge is 0.437 e. The monoisotopic (exact) mass is 230 g/mol. The third kappa shape index (κ3) is 2.90. The summed E-state index contributed by atoms with van der Waals surface area (Å²) in [4.78, 5) is 12.5. The molecular weight excluding hydrogens is 216 g/mol. The van der Waals surface area contributed by atoms with Crippen molar-refractivity contribution >= 4 is 5.95 Å². The van der Waals surface area contributed by atoms with Crippen molar-refractivity contribution < 1.29 is 4.74 Å². The van der Waals surface area contributed by atoms with Crippen molar-refractivity contribution in [2.24, 2.45) is 0 Å². The highest BCUT2D eigenvalue weighted by atomic mass is 16.5. The van der Waals surface area contributed by atoms with Gasteiger partial charge in [0, 0.05) is 25.0 Å². The number of anilines is 1. The van der Waals surface area contributed by atoms with E-state index < -0.39 is 0 Å². The molecule has 2 heterocycles. The Morgan fingerprint density at radius 1 is 1.24 bits per heavy atom. The summed E-state index contributed by atoms with van der Waals surface area (Å²) in [6.45, 7) is 4.65. The second kappa shape index (κ2) is 5.25. The second-order valence-corrected chi connectivity index (χ2v) is 3.44. The van der Waals surface area contributed by atoms with Gasteiger partial charge in [-0.2, -0.15) is 4.98 Å². The van der Waals surface area contributed by atoms with Crippen LogP contribution >= 0.6 is 0 Å². The van der Waals surface area contributed by atoms with Gasteiger partial charge in [0.1, 0.15) is 0 Å². The van der Waals surface area contributed by atoms with Gasteiger partial charge in [-0.15, -0.1) is 0 Å². The number of nitrogens with zero attached hydrogens (tertiary/aromatic N) is 3. The maximum atomic E-state index is 5.64. The molecule has 88 valence electrons. The number of nitrogens with one attached hydrogen (secondary N) is 1. The normalized spacial score (nSPS) is 10.0. The van der Waals surface area contributed by atoms with E-state index in [1.165, 1.54) is 0 Å². The van der Waals surface area contributed by atoms with E-state index in [-0.39, 0.29) is 0 Å². The van der Waals surface area contributed by atoms with E-state index in [1.807, 2.05) is 26.0 Å². The molecule has 0 aliphatic heterocycles. The summed E-state index contributed by atoms with van der Waals surface area (Å²) in [5.74, 6) is 1.77. The van der Waals surface area contributed by atoms with Crippen LogP contribution in [0.4, 0.5) is 5.95 Å². The minimum absolute atomic E-state index is 0.507. The lowest BCUT2D eigenvalue weighted by Crippen LogP contribution is -2.02. The predicted octanol–water partition coefficient (Wildman–Crippen LogP) is 2.40. The molecule has 1 N–H and O–H groups in total. The summed E-state index contributed by atoms with van der Waals surface area (Å²) in [6.07, 6.45) is 3.39. The van der Waals surface area contributed by atoms with E-state index in [0.29, 0.717) is 17.6 Å². The SMILES string of the molecule is CCNc1nccc(Oc2cccnc2C)n1. The van der Waals surface area contributed by atoms with Crippen LogP contribution in [0.1, 0.15) is 12.6 Å². The molecule has 0 atom stereocenters. The highest BCUT2D eigenvalue weighted by molar-refractivity contribution is 5.32. The van der Waals surface area contributed by atoms with Crippen LogP contribution in [0.2, 0.25) is 0 Å². The summed E-state index contributed by atoms with van der Waals surface area (Å²) in [5.41, 5.74) is 0.830. The van der Waals surface area contributed by atoms with Crippen LogP contribution < -0.4 is 10.1 Å². The average Bonchev–Trinajstić information content (AvgIpc) is 2.33. The second-order valence-electron chi connectivity index (χ2n) is 3.44. The standard InChI is InChI=1S/C12H14N4O/c1-3-13-12-15-8-6-11(16-12)17-10-5-4-7-14-9(10)2/h4-8H,3H2,1-2H3,(H,13,15,16). The van der Waals surface area contributed by atoms with Gasteiger partial charge < -0.3 is 10.1 Å². The van der Waals surface area contributed by atoms with Crippen molar-refractivity contribution in [2.75, 3.05) is 11.9 Å². The van der Waals surface area contributed by atoms with E-state index in [2.05, 4.69) is 20.3 Å². The molecule has 0 spiro atoms. The predicted molar refractivity (Wildman–Crippen MR) is 65.2 cm³/mol. The summed E-state index contributed by atoms with van der Waals surface area (Å²) in [5, 5.41) is 3.03. The van der Waals surface area contributed by atoms with E-state index in [4.69, 9.17) is 4.74 Å². The van der Waals surface area contributed by atoms with Crippen LogP contribution in [0.15, 0.2) is 30.6 Å². The molecule has 17 heavy (non-hydrogen) atoms. The summed E-state index contributed by atoms with van der Waals surface area (Å²) >= 11 is 0. The van der Waals surface area contributed by atoms with E-state index in [1.54, 1.807) is 18.5 Å². The lowest BCUT2D eigenvalue weighted by atomic mass is 10.3. The van der Waals surface area contributed by atoms with Gasteiger partial charge in [-0.05, 0) is 26.0 Å². The molecule has 0 fully saturated rings. The minimum Gasteiger partial charge on any atom is -0.437 e. The number of hydrogen-bond donors (Lipinski definition) is 1. The van der Waals surface area contributed by atoms with Crippen LogP contribution in [0.25, 0.3) is 0 Å². The number of aryl methyl sites for hydroxylation is 1. The number of rotatable bonds is 4. The van der Waals surface area contributed by atoms with Crippen molar-refractivity contribution in [3.63, 3.8) is 0 Å². The highest BCUT2D eigenvalue weighted by Crippen LogP contribution is 2.21. The fourth-order valence-corrected chi connectivity index (χ4v) is 1.33. The van der Waals surface area contributed by atoms with Gasteiger partial charge in [0.15, 0.2) is 5.75 Å². The zero-order valence-electron chi connectivity index (χ0n) is 9.84. The topological polar surface area (TPSA) is 59.9 Å². The van der Waals surface area contributed by atoms with Gasteiger partial charge >= 0.3 is 0 Å². The molecule has 0 aliphatic rings. The molecule has 5 heteroatoms. The van der Waals surface area contributed by atoms with Crippen LogP contribution in [0.5, 0.6) is 11.6 Å². The first kappa shape index (κ1) is 11.3. The van der Waals surface area contributed by atoms with Crippen LogP contribution in [0, 0.1) is 6.92 Å². The van der Waals surface area contributed by atoms with Gasteiger partial charge in [-0.25, -0.2) is 4.98 Å². The average molecular weight is 230 g/mol. The number of aromatic nitrogens is 3. The first-order valence-electron chi connectivity index (χ1n) is 5.46. The Balaban J connectivity index is 2.18. The van der Waals surface area contributed by atoms with Gasteiger partial charge in [-0.3, -0.25) is 4.98 Å². The molecule has 5 nitrogen and oxygen atoms in total. The number of hydrogen-bond acceptors (Lipinski definition) is 5. The van der Waals surface area contributed by atoms with Crippen molar-refractivity contribution in [1.82, 2.24) is 15.0 Å². The van der Waals surface area contributed by atoms with Crippen molar-refractivity contribution in [2.45, 2.75) is 13.8 Å². The Bertz CT molecular complexity index is 501. The van der Waals surface area contributed by atoms with Crippen LogP contribution in [0.3, 0.4) is 0 Å². The first-order valence-corrected chi connectivity index (χ1v) is 5.46. The van der Waals surface area contributed by atoms with Gasteiger partial charge in [-0.1, -0.05) is 0 Å². The molecule has 0 saturated heterocycles. The molecule has 0 radical (unpaired) electrons. The van der Waals surface area contributed by atoms with E-state index in [0.717, 1.165) is 12.2 Å². The lowest BCUT2D eigenvalue weighted by molar-refractivity contribution is 0.456. The highest BCUT2D eigenvalue weighted by Gasteiger charge is 2.03. The Morgan fingerprint density at radius 3 is 2.88 bits per heavy atom. The first-order chi connectivity index (χ1) is 8.29. The lowest BCUT2D eigenvalue weighted by Gasteiger charge is -2.07. The van der Waals surface area contributed by atoms with E-state index in [9.17, 15) is 0 Å². The number of pyridine rings is 1. The van der Waals surface area contributed by atoms with Crippen molar-refractivity contribution in [3.8, 4) is 11.6 Å². The summed E-state index contributed by atoms with van der Waals surface area (Å²) in [6, 6.07) is 5.40. The van der Waals surface area contributed by atoms with Crippen LogP contribution in [-0.4, -0.2) is 21.5 Å². The Kier molecular flexibility index (Phi) is 3.49. The fraction of sp³-hybridized carbons (Fsp3) is 0.250. The third-order valence-corrected chi connectivity index (χ3v) is 2.14. The van der Waals surface area contributed by atoms with E-state index >= 15 is 0 Å². The Labute approximate surface area is 99.9 Å². The van der Waals surface area contributed by atoms with Gasteiger partial charge in [0.2, 0.25) is 11.8 Å². The zero-order valence-corrected chi connectivity index (χ0v) is 9.84. The molecule has 2 aromatic rings. The Morgan fingerprint density at radius 2 is 2.12 bits per heavy atom. The molecule has 0 aliphatic carbocycles. The quantitative estimate of drug-likeness (QED) is 0.873. The fourth-order valence-electron chi connectivity index (χ4n) is 1.33. The minimum atomic E-state index is 0.507. The molecule has 0 unspecified atom stereocenters.